The molecule has 1 unspecified atom stereocenters. The summed E-state index contributed by atoms with van der Waals surface area (Å²) in [5.74, 6) is 1.68. The number of hydrogen-bond donors (Lipinski definition) is 1. The molecule has 11 heteroatoms. The average Bonchev–Trinajstić information content (AvgIpc) is 3.50. The molecule has 5 aromatic rings. The van der Waals surface area contributed by atoms with Gasteiger partial charge in [-0.15, -0.1) is 5.10 Å². The highest BCUT2D eigenvalue weighted by Crippen LogP contribution is 2.44. The van der Waals surface area contributed by atoms with Gasteiger partial charge in [0.15, 0.2) is 11.5 Å². The van der Waals surface area contributed by atoms with Crippen molar-refractivity contribution in [2.24, 2.45) is 0 Å². The maximum atomic E-state index is 13.9. The van der Waals surface area contributed by atoms with Crippen molar-refractivity contribution >= 4 is 51.2 Å². The second-order valence-electron chi connectivity index (χ2n) is 11.9. The zero-order valence-corrected chi connectivity index (χ0v) is 31.0. The minimum absolute atomic E-state index is 0.129. The van der Waals surface area contributed by atoms with Crippen LogP contribution in [-0.2, 0) is 28.5 Å². The Bertz CT molecular complexity index is 2050. The molecule has 252 valence electrons. The minimum Gasteiger partial charge on any atom is -0.493 e. The average molecular weight is 760 g/mol. The van der Waals surface area contributed by atoms with Crippen molar-refractivity contribution in [3.8, 4) is 11.5 Å². The third kappa shape index (κ3) is 7.66. The van der Waals surface area contributed by atoms with Crippen molar-refractivity contribution in [3.63, 3.8) is 0 Å². The van der Waals surface area contributed by atoms with Gasteiger partial charge in [-0.25, -0.2) is 9.48 Å². The summed E-state index contributed by atoms with van der Waals surface area (Å²) in [4.78, 5) is 18.7. The standard InChI is InChI=1S/C38H36BrClN4O4S/c1-22-15-24(3)29(16-23(22)2)20-47-35-30(39)17-28(18-32(35)46-5)34-33(36(45)48-19-26-11-7-6-8-12-26)25(4)41-37-42-38(43-44(34)37)49-21-27-13-9-10-14-31(27)40/h6-18,34H,19-21H2,1-5H3,(H,41,42,43). The Hall–Kier alpha value is -4.25. The van der Waals surface area contributed by atoms with Crippen LogP contribution in [0, 0.1) is 20.8 Å². The molecule has 0 aliphatic carbocycles. The summed E-state index contributed by atoms with van der Waals surface area (Å²) in [6.45, 7) is 8.63. The maximum Gasteiger partial charge on any atom is 0.338 e. The van der Waals surface area contributed by atoms with E-state index in [-0.39, 0.29) is 6.61 Å². The molecular formula is C38H36BrClN4O4S. The van der Waals surface area contributed by atoms with Gasteiger partial charge >= 0.3 is 5.97 Å². The summed E-state index contributed by atoms with van der Waals surface area (Å²) in [5, 5.41) is 9.39. The van der Waals surface area contributed by atoms with Crippen molar-refractivity contribution in [3.05, 3.63) is 139 Å². The number of halogens is 2. The molecule has 4 aromatic carbocycles. The summed E-state index contributed by atoms with van der Waals surface area (Å²) < 4.78 is 20.5. The number of carbonyl (C=O) groups excluding carboxylic acids is 1. The molecule has 0 saturated heterocycles. The Balaban J connectivity index is 1.35. The van der Waals surface area contributed by atoms with Gasteiger partial charge < -0.3 is 19.5 Å². The highest BCUT2D eigenvalue weighted by molar-refractivity contribution is 9.10. The number of thioether (sulfide) groups is 1. The maximum absolute atomic E-state index is 13.9. The Morgan fingerprint density at radius 2 is 1.67 bits per heavy atom. The van der Waals surface area contributed by atoms with Crippen molar-refractivity contribution < 1.29 is 19.0 Å². The minimum atomic E-state index is -0.678. The van der Waals surface area contributed by atoms with Crippen LogP contribution in [0.2, 0.25) is 5.02 Å². The molecule has 8 nitrogen and oxygen atoms in total. The lowest BCUT2D eigenvalue weighted by Gasteiger charge is -2.29. The van der Waals surface area contributed by atoms with Crippen LogP contribution in [0.1, 0.15) is 51.9 Å². The van der Waals surface area contributed by atoms with E-state index in [1.165, 1.54) is 22.9 Å². The Morgan fingerprint density at radius 1 is 0.939 bits per heavy atom. The molecule has 6 rings (SSSR count). The summed E-state index contributed by atoms with van der Waals surface area (Å²) in [6, 6.07) is 24.7. The van der Waals surface area contributed by atoms with Gasteiger partial charge in [-0.1, -0.05) is 84.0 Å². The van der Waals surface area contributed by atoms with Crippen molar-refractivity contribution in [1.82, 2.24) is 14.8 Å². The number of esters is 1. The van der Waals surface area contributed by atoms with Crippen LogP contribution < -0.4 is 14.8 Å². The predicted molar refractivity (Wildman–Crippen MR) is 197 cm³/mol. The van der Waals surface area contributed by atoms with Crippen LogP contribution >= 0.6 is 39.3 Å². The molecule has 1 atom stereocenters. The molecule has 1 aromatic heterocycles. The molecule has 0 saturated carbocycles. The third-order valence-corrected chi connectivity index (χ3v) is 10.3. The lowest BCUT2D eigenvalue weighted by molar-refractivity contribution is -0.140. The van der Waals surface area contributed by atoms with E-state index in [1.54, 1.807) is 11.8 Å². The molecule has 0 bridgehead atoms. The first-order chi connectivity index (χ1) is 23.6. The molecule has 1 aliphatic rings. The number of allylic oxidation sites excluding steroid dienone is 1. The molecule has 1 N–H and O–H groups in total. The fourth-order valence-corrected chi connectivity index (χ4v) is 7.38. The van der Waals surface area contributed by atoms with Gasteiger partial charge in [-0.3, -0.25) is 0 Å². The zero-order valence-electron chi connectivity index (χ0n) is 27.8. The number of carbonyl (C=O) groups is 1. The van der Waals surface area contributed by atoms with Gasteiger partial charge in [0.1, 0.15) is 19.3 Å². The molecule has 1 aliphatic heterocycles. The number of hydrogen-bond acceptors (Lipinski definition) is 8. The summed E-state index contributed by atoms with van der Waals surface area (Å²) in [7, 11) is 1.60. The number of aryl methyl sites for hydroxylation is 3. The number of anilines is 1. The molecule has 0 amide bonds. The molecule has 2 heterocycles. The number of methoxy groups -OCH3 is 1. The van der Waals surface area contributed by atoms with Crippen molar-refractivity contribution in [2.75, 3.05) is 12.4 Å². The predicted octanol–water partition coefficient (Wildman–Crippen LogP) is 9.53. The van der Waals surface area contributed by atoms with E-state index >= 15 is 0 Å². The number of nitrogens with zero attached hydrogens (tertiary/aromatic N) is 3. The molecule has 0 fully saturated rings. The number of rotatable bonds is 11. The van der Waals surface area contributed by atoms with Crippen molar-refractivity contribution in [1.29, 1.82) is 0 Å². The third-order valence-electron chi connectivity index (χ3n) is 8.47. The number of aromatic nitrogens is 3. The lowest BCUT2D eigenvalue weighted by atomic mass is 9.95. The fraction of sp³-hybridized carbons (Fsp3) is 0.237. The number of nitrogens with one attached hydrogen (secondary N) is 1. The number of benzene rings is 4. The first-order valence-electron chi connectivity index (χ1n) is 15.7. The topological polar surface area (TPSA) is 87.5 Å². The van der Waals surface area contributed by atoms with E-state index in [4.69, 9.17) is 35.9 Å². The Kier molecular flexibility index (Phi) is 10.7. The van der Waals surface area contributed by atoms with E-state index in [0.717, 1.165) is 27.8 Å². The molecule has 49 heavy (non-hydrogen) atoms. The first-order valence-corrected chi connectivity index (χ1v) is 17.9. The van der Waals surface area contributed by atoms with Crippen LogP contribution in [0.5, 0.6) is 11.5 Å². The van der Waals surface area contributed by atoms with E-state index < -0.39 is 12.0 Å². The van der Waals surface area contributed by atoms with Crippen LogP contribution in [0.25, 0.3) is 0 Å². The molecule has 0 radical (unpaired) electrons. The monoisotopic (exact) mass is 758 g/mol. The van der Waals surface area contributed by atoms with Gasteiger partial charge in [0, 0.05) is 16.5 Å². The highest BCUT2D eigenvalue weighted by atomic mass is 79.9. The summed E-state index contributed by atoms with van der Waals surface area (Å²) in [5.41, 5.74) is 8.32. The van der Waals surface area contributed by atoms with Crippen LogP contribution in [0.15, 0.2) is 99.8 Å². The molecule has 0 spiro atoms. The SMILES string of the molecule is COc1cc(C2C(C(=O)OCc3ccccc3)=C(C)Nc3nc(SCc4ccccc4Cl)nn32)cc(Br)c1OCc1cc(C)c(C)cc1C. The van der Waals surface area contributed by atoms with Crippen LogP contribution in [0.3, 0.4) is 0 Å². The van der Waals surface area contributed by atoms with Crippen molar-refractivity contribution in [2.45, 2.75) is 57.9 Å². The van der Waals surface area contributed by atoms with Gasteiger partial charge in [-0.2, -0.15) is 4.98 Å². The number of fused-ring (bicyclic) bond motifs is 1. The second-order valence-corrected chi connectivity index (χ2v) is 14.1. The van der Waals surface area contributed by atoms with E-state index in [0.29, 0.717) is 55.7 Å². The zero-order chi connectivity index (χ0) is 34.7. The summed E-state index contributed by atoms with van der Waals surface area (Å²) >= 11 is 11.6. The molecular weight excluding hydrogens is 724 g/mol. The fourth-order valence-electron chi connectivity index (χ4n) is 5.69. The quantitative estimate of drug-likeness (QED) is 0.105. The van der Waals surface area contributed by atoms with Crippen LogP contribution in [-0.4, -0.2) is 27.8 Å². The Labute approximate surface area is 304 Å². The lowest BCUT2D eigenvalue weighted by Crippen LogP contribution is -2.29. The van der Waals surface area contributed by atoms with E-state index in [1.807, 2.05) is 73.7 Å². The second kappa shape index (κ2) is 15.1. The van der Waals surface area contributed by atoms with Gasteiger partial charge in [0.2, 0.25) is 11.1 Å². The largest absolute Gasteiger partial charge is 0.493 e. The van der Waals surface area contributed by atoms with Gasteiger partial charge in [0.05, 0.1) is 17.2 Å². The number of ether oxygens (including phenoxy) is 3. The van der Waals surface area contributed by atoms with E-state index in [9.17, 15) is 4.79 Å². The smallest absolute Gasteiger partial charge is 0.338 e. The normalized spacial score (nSPS) is 13.9. The highest BCUT2D eigenvalue weighted by Gasteiger charge is 2.36. The van der Waals surface area contributed by atoms with Gasteiger partial charge in [0.25, 0.3) is 0 Å². The van der Waals surface area contributed by atoms with E-state index in [2.05, 4.69) is 54.2 Å². The summed E-state index contributed by atoms with van der Waals surface area (Å²) in [6.07, 6.45) is 0. The van der Waals surface area contributed by atoms with Crippen LogP contribution in [0.4, 0.5) is 5.95 Å². The Morgan fingerprint density at radius 3 is 2.43 bits per heavy atom. The van der Waals surface area contributed by atoms with Gasteiger partial charge in [-0.05, 0) is 101 Å². The first kappa shape index (κ1) is 34.6.